The molecular weight excluding hydrogens is 493 g/mol. The molecule has 35 heavy (non-hydrogen) atoms. The van der Waals surface area contributed by atoms with Crippen molar-refractivity contribution < 1.29 is 14.2 Å². The van der Waals surface area contributed by atoms with Gasteiger partial charge in [-0.05, 0) is 85.8 Å². The van der Waals surface area contributed by atoms with Crippen molar-refractivity contribution in [3.63, 3.8) is 0 Å². The lowest BCUT2D eigenvalue weighted by atomic mass is 9.46. The van der Waals surface area contributed by atoms with Gasteiger partial charge >= 0.3 is 5.82 Å². The van der Waals surface area contributed by atoms with Crippen molar-refractivity contribution in [1.29, 1.82) is 0 Å². The summed E-state index contributed by atoms with van der Waals surface area (Å²) in [4.78, 5) is 15.7. The van der Waals surface area contributed by atoms with Gasteiger partial charge in [-0.2, -0.15) is 9.67 Å². The van der Waals surface area contributed by atoms with Crippen LogP contribution in [0.25, 0.3) is 11.4 Å². The molecule has 0 spiro atoms. The summed E-state index contributed by atoms with van der Waals surface area (Å²) in [6.07, 6.45) is 6.81. The van der Waals surface area contributed by atoms with Gasteiger partial charge in [-0.3, -0.25) is 0 Å². The van der Waals surface area contributed by atoms with Gasteiger partial charge in [0, 0.05) is 11.4 Å². The molecule has 2 aromatic heterocycles. The Labute approximate surface area is 211 Å². The quantitative estimate of drug-likeness (QED) is 0.291. The van der Waals surface area contributed by atoms with E-state index >= 15 is 0 Å². The van der Waals surface area contributed by atoms with Gasteiger partial charge in [-0.1, -0.05) is 28.4 Å². The minimum absolute atomic E-state index is 0.0219. The minimum atomic E-state index is -0.494. The highest BCUT2D eigenvalue weighted by molar-refractivity contribution is 6.33. The molecule has 0 saturated heterocycles. The van der Waals surface area contributed by atoms with E-state index in [-0.39, 0.29) is 21.8 Å². The molecule has 0 aliphatic heterocycles. The van der Waals surface area contributed by atoms with Gasteiger partial charge in [0.2, 0.25) is 11.7 Å². The number of hydrogen-bond acceptors (Lipinski definition) is 7. The molecule has 0 N–H and O–H groups in total. The fourth-order valence-electron chi connectivity index (χ4n) is 7.52. The Morgan fingerprint density at radius 3 is 2.66 bits per heavy atom. The molecular formula is C24H25Cl2N5O4. The average Bonchev–Trinajstić information content (AvgIpc) is 3.37. The molecule has 9 nitrogen and oxygen atoms in total. The van der Waals surface area contributed by atoms with Gasteiger partial charge < -0.3 is 19.4 Å². The molecule has 4 aliphatic carbocycles. The SMILES string of the molecule is COc1ccc(Cl)cc1-c1noc(CC23CC4CC(C2)CC(n2nc([N+](=O)[O-])c(Cl)c2C)(C4)C3)n1. The van der Waals surface area contributed by atoms with E-state index in [1.165, 1.54) is 6.42 Å². The second-order valence-corrected chi connectivity index (χ2v) is 11.4. The number of nitrogens with zero attached hydrogens (tertiary/aromatic N) is 5. The van der Waals surface area contributed by atoms with Crippen molar-refractivity contribution in [3.05, 3.63) is 49.9 Å². The molecule has 2 unspecified atom stereocenters. The second-order valence-electron chi connectivity index (χ2n) is 10.6. The van der Waals surface area contributed by atoms with Crippen LogP contribution in [0.15, 0.2) is 22.7 Å². The highest BCUT2D eigenvalue weighted by Gasteiger charge is 2.60. The number of rotatable bonds is 6. The minimum Gasteiger partial charge on any atom is -0.496 e. The van der Waals surface area contributed by atoms with Crippen LogP contribution in [0.2, 0.25) is 10.0 Å². The van der Waals surface area contributed by atoms with E-state index in [0.717, 1.165) is 32.1 Å². The Morgan fingerprint density at radius 2 is 2.00 bits per heavy atom. The summed E-state index contributed by atoms with van der Waals surface area (Å²) < 4.78 is 13.0. The first-order valence-corrected chi connectivity index (χ1v) is 12.5. The molecule has 4 aliphatic rings. The van der Waals surface area contributed by atoms with Crippen LogP contribution in [0.3, 0.4) is 0 Å². The summed E-state index contributed by atoms with van der Waals surface area (Å²) in [6, 6.07) is 5.31. The van der Waals surface area contributed by atoms with Crippen LogP contribution in [0.1, 0.15) is 50.1 Å². The van der Waals surface area contributed by atoms with Crippen molar-refractivity contribution in [2.75, 3.05) is 7.11 Å². The fourth-order valence-corrected chi connectivity index (χ4v) is 7.87. The first-order chi connectivity index (χ1) is 16.7. The number of ether oxygens (including phenoxy) is 1. The molecule has 4 saturated carbocycles. The summed E-state index contributed by atoms with van der Waals surface area (Å²) >= 11 is 12.5. The number of hydrogen-bond donors (Lipinski definition) is 0. The van der Waals surface area contributed by atoms with E-state index in [2.05, 4.69) is 10.3 Å². The van der Waals surface area contributed by atoms with E-state index < -0.39 is 4.92 Å². The summed E-state index contributed by atoms with van der Waals surface area (Å²) in [5.74, 6) is 2.47. The summed E-state index contributed by atoms with van der Waals surface area (Å²) in [5.41, 5.74) is 1.06. The van der Waals surface area contributed by atoms with E-state index in [1.807, 2.05) is 11.6 Å². The number of nitro groups is 1. The molecule has 3 aromatic rings. The number of halogens is 2. The average molecular weight is 518 g/mol. The third-order valence-electron chi connectivity index (χ3n) is 8.20. The van der Waals surface area contributed by atoms with Crippen molar-refractivity contribution in [2.24, 2.45) is 17.3 Å². The lowest BCUT2D eigenvalue weighted by Crippen LogP contribution is -2.57. The zero-order valence-corrected chi connectivity index (χ0v) is 21.0. The Hall–Kier alpha value is -2.65. The molecule has 0 amide bonds. The highest BCUT2D eigenvalue weighted by atomic mass is 35.5. The maximum Gasteiger partial charge on any atom is 0.408 e. The number of methoxy groups -OCH3 is 1. The first-order valence-electron chi connectivity index (χ1n) is 11.8. The van der Waals surface area contributed by atoms with Gasteiger partial charge in [-0.15, -0.1) is 0 Å². The standard InChI is InChI=1S/C24H25Cl2N5O4/c1-13-20(26)22(31(32)33)28-30(13)24-9-14-5-15(10-24)8-23(7-14,12-24)11-19-27-21(29-35-19)17-6-16(25)3-4-18(17)34-2/h3-4,6,14-15H,5,7-12H2,1-2H3. The first kappa shape index (κ1) is 22.8. The molecule has 11 heteroatoms. The van der Waals surface area contributed by atoms with Crippen molar-refractivity contribution in [2.45, 2.75) is 57.4 Å². The molecule has 7 rings (SSSR count). The van der Waals surface area contributed by atoms with Crippen molar-refractivity contribution >= 4 is 29.0 Å². The van der Waals surface area contributed by atoms with Gasteiger partial charge in [0.25, 0.3) is 0 Å². The zero-order chi connectivity index (χ0) is 24.5. The molecule has 0 radical (unpaired) electrons. The van der Waals surface area contributed by atoms with Crippen molar-refractivity contribution in [3.8, 4) is 17.1 Å². The molecule has 4 bridgehead atoms. The van der Waals surface area contributed by atoms with Crippen LogP contribution >= 0.6 is 23.2 Å². The largest absolute Gasteiger partial charge is 0.496 e. The lowest BCUT2D eigenvalue weighted by molar-refractivity contribution is -0.389. The maximum absolute atomic E-state index is 11.5. The Balaban J connectivity index is 1.33. The number of aromatic nitrogens is 4. The summed E-state index contributed by atoms with van der Waals surface area (Å²) in [7, 11) is 1.59. The third kappa shape index (κ3) is 3.62. The van der Waals surface area contributed by atoms with Crippen LogP contribution in [-0.2, 0) is 12.0 Å². The zero-order valence-electron chi connectivity index (χ0n) is 19.5. The summed E-state index contributed by atoms with van der Waals surface area (Å²) in [6.45, 7) is 1.83. The number of benzene rings is 1. The monoisotopic (exact) mass is 517 g/mol. The van der Waals surface area contributed by atoms with E-state index in [9.17, 15) is 10.1 Å². The topological polar surface area (TPSA) is 109 Å². The molecule has 4 fully saturated rings. The lowest BCUT2D eigenvalue weighted by Gasteiger charge is -2.61. The highest BCUT2D eigenvalue weighted by Crippen LogP contribution is 2.65. The van der Waals surface area contributed by atoms with Gasteiger partial charge in [0.05, 0.1) is 29.0 Å². The van der Waals surface area contributed by atoms with Crippen LogP contribution < -0.4 is 4.74 Å². The van der Waals surface area contributed by atoms with E-state index in [4.69, 9.17) is 37.4 Å². The fraction of sp³-hybridized carbons (Fsp3) is 0.542. The molecule has 184 valence electrons. The Kier molecular flexibility index (Phi) is 5.16. The predicted octanol–water partition coefficient (Wildman–Crippen LogP) is 6.00. The van der Waals surface area contributed by atoms with Gasteiger partial charge in [0.15, 0.2) is 5.02 Å². The maximum atomic E-state index is 11.5. The van der Waals surface area contributed by atoms with Crippen LogP contribution in [0.4, 0.5) is 5.82 Å². The van der Waals surface area contributed by atoms with Gasteiger partial charge in [-0.25, -0.2) is 0 Å². The van der Waals surface area contributed by atoms with Crippen LogP contribution in [-0.4, -0.2) is 32.0 Å². The molecule has 1 aromatic carbocycles. The molecule has 2 heterocycles. The Morgan fingerprint density at radius 1 is 1.26 bits per heavy atom. The summed E-state index contributed by atoms with van der Waals surface area (Å²) in [5, 5.41) is 20.8. The molecule has 2 atom stereocenters. The van der Waals surface area contributed by atoms with E-state index in [1.54, 1.807) is 25.3 Å². The second kappa shape index (κ2) is 7.93. The smallest absolute Gasteiger partial charge is 0.408 e. The van der Waals surface area contributed by atoms with Crippen LogP contribution in [0.5, 0.6) is 5.75 Å². The van der Waals surface area contributed by atoms with E-state index in [0.29, 0.717) is 52.0 Å². The normalized spacial score (nSPS) is 29.0. The predicted molar refractivity (Wildman–Crippen MR) is 129 cm³/mol. The third-order valence-corrected chi connectivity index (χ3v) is 8.87. The Bertz CT molecular complexity index is 1320. The van der Waals surface area contributed by atoms with Crippen molar-refractivity contribution in [1.82, 2.24) is 19.9 Å². The van der Waals surface area contributed by atoms with Gasteiger partial charge in [0.1, 0.15) is 5.75 Å². The van der Waals surface area contributed by atoms with Crippen LogP contribution in [0, 0.1) is 34.3 Å².